The van der Waals surface area contributed by atoms with Crippen molar-refractivity contribution in [1.82, 2.24) is 5.32 Å². The van der Waals surface area contributed by atoms with Crippen molar-refractivity contribution in [2.24, 2.45) is 0 Å². The minimum atomic E-state index is -4.30. The second kappa shape index (κ2) is 39.0. The van der Waals surface area contributed by atoms with Gasteiger partial charge in [-0.1, -0.05) is 219 Å². The molecule has 0 rings (SSSR count). The fourth-order valence-corrected chi connectivity index (χ4v) is 8.02. The van der Waals surface area contributed by atoms with E-state index in [0.717, 1.165) is 38.5 Å². The Bertz CT molecular complexity index is 870. The van der Waals surface area contributed by atoms with E-state index < -0.39 is 20.0 Å². The summed E-state index contributed by atoms with van der Waals surface area (Å²) in [5.74, 6) is -0.142. The van der Waals surface area contributed by atoms with Gasteiger partial charge in [-0.3, -0.25) is 13.8 Å². The second-order valence-electron chi connectivity index (χ2n) is 17.9. The Morgan fingerprint density at radius 1 is 0.545 bits per heavy atom. The molecule has 0 radical (unpaired) electrons. The van der Waals surface area contributed by atoms with Gasteiger partial charge in [0.05, 0.1) is 39.9 Å². The van der Waals surface area contributed by atoms with Gasteiger partial charge in [0.1, 0.15) is 13.2 Å². The van der Waals surface area contributed by atoms with Crippen LogP contribution in [0.1, 0.15) is 239 Å². The molecule has 8 nitrogen and oxygen atoms in total. The maximum atomic E-state index is 12.9. The predicted octanol–water partition coefficient (Wildman–Crippen LogP) is 13.4. The fourth-order valence-electron chi connectivity index (χ4n) is 7.28. The van der Waals surface area contributed by atoms with Gasteiger partial charge in [-0.05, 0) is 12.8 Å². The lowest BCUT2D eigenvalue weighted by molar-refractivity contribution is -0.870. The van der Waals surface area contributed by atoms with Crippen LogP contribution in [0.15, 0.2) is 0 Å². The molecule has 0 aromatic rings. The number of rotatable bonds is 44. The van der Waals surface area contributed by atoms with E-state index >= 15 is 0 Å². The molecule has 55 heavy (non-hydrogen) atoms. The smallest absolute Gasteiger partial charge is 0.391 e. The number of hydrogen-bond acceptors (Lipinski definition) is 5. The number of unbranched alkanes of at least 4 members (excludes halogenated alkanes) is 31. The van der Waals surface area contributed by atoms with E-state index in [1.165, 1.54) is 173 Å². The third-order valence-corrected chi connectivity index (χ3v) is 12.1. The zero-order chi connectivity index (χ0) is 40.7. The average molecular weight is 804 g/mol. The molecule has 330 valence electrons. The summed E-state index contributed by atoms with van der Waals surface area (Å²) in [6, 6.07) is -0.751. The Balaban J connectivity index is 4.01. The Kier molecular flexibility index (Phi) is 38.6. The van der Waals surface area contributed by atoms with Crippen LogP contribution in [0.3, 0.4) is 0 Å². The minimum absolute atomic E-state index is 0.0781. The lowest BCUT2D eigenvalue weighted by Crippen LogP contribution is -2.46. The first-order valence-electron chi connectivity index (χ1n) is 23.9. The molecule has 0 aliphatic rings. The van der Waals surface area contributed by atoms with Crippen molar-refractivity contribution in [3.8, 4) is 0 Å². The highest BCUT2D eigenvalue weighted by molar-refractivity contribution is 7.47. The standard InChI is InChI=1S/C46H95N2O6P/c1-6-8-10-12-14-16-17-18-19-20-21-22-23-24-25-26-27-28-29-30-31-32-34-36-38-40-46(50)47-44(43-54-55(51,52)53-42-41-48(3,4)5)45(49)39-37-35-33-15-13-11-9-7-2/h44-45,49H,6-43H2,1-5H3,(H-,47,50,51,52)/p+1. The number of carbonyl (C=O) groups is 1. The summed E-state index contributed by atoms with van der Waals surface area (Å²) in [7, 11) is 1.63. The van der Waals surface area contributed by atoms with Crippen molar-refractivity contribution < 1.29 is 32.9 Å². The lowest BCUT2D eigenvalue weighted by Gasteiger charge is -2.26. The molecule has 0 saturated carbocycles. The fraction of sp³-hybridized carbons (Fsp3) is 0.978. The monoisotopic (exact) mass is 804 g/mol. The average Bonchev–Trinajstić information content (AvgIpc) is 3.13. The van der Waals surface area contributed by atoms with Gasteiger partial charge >= 0.3 is 7.82 Å². The van der Waals surface area contributed by atoms with E-state index in [4.69, 9.17) is 9.05 Å². The molecule has 0 fully saturated rings. The van der Waals surface area contributed by atoms with E-state index in [1.807, 2.05) is 21.1 Å². The normalized spacial score (nSPS) is 14.2. The first-order valence-corrected chi connectivity index (χ1v) is 25.4. The molecule has 3 N–H and O–H groups in total. The zero-order valence-corrected chi connectivity index (χ0v) is 38.3. The van der Waals surface area contributed by atoms with Crippen LogP contribution in [0, 0.1) is 0 Å². The molecule has 0 aliphatic heterocycles. The number of nitrogens with one attached hydrogen (secondary N) is 1. The molecule has 3 unspecified atom stereocenters. The van der Waals surface area contributed by atoms with Crippen molar-refractivity contribution in [3.05, 3.63) is 0 Å². The molecule has 0 spiro atoms. The van der Waals surface area contributed by atoms with E-state index in [1.54, 1.807) is 0 Å². The SMILES string of the molecule is CCCCCCCCCCCCCCCCCCCCCCCCCCCC(=O)NC(COP(=O)(O)OCC[N+](C)(C)C)C(O)CCCCCCCCCC. The highest BCUT2D eigenvalue weighted by Crippen LogP contribution is 2.43. The van der Waals surface area contributed by atoms with Crippen LogP contribution in [0.5, 0.6) is 0 Å². The number of aliphatic hydroxyl groups excluding tert-OH is 1. The molecule has 9 heteroatoms. The topological polar surface area (TPSA) is 105 Å². The number of quaternary nitrogens is 1. The third-order valence-electron chi connectivity index (χ3n) is 11.1. The molecule has 0 aliphatic carbocycles. The maximum absolute atomic E-state index is 12.9. The molecule has 3 atom stereocenters. The molecule has 0 aromatic carbocycles. The number of likely N-dealkylation sites (N-methyl/N-ethyl adjacent to an activating group) is 1. The van der Waals surface area contributed by atoms with Crippen molar-refractivity contribution >= 4 is 13.7 Å². The summed E-state index contributed by atoms with van der Waals surface area (Å²) in [5, 5.41) is 13.9. The number of phosphoric ester groups is 1. The van der Waals surface area contributed by atoms with E-state index in [2.05, 4.69) is 19.2 Å². The summed E-state index contributed by atoms with van der Waals surface area (Å²) in [6.45, 7) is 4.88. The second-order valence-corrected chi connectivity index (χ2v) is 19.3. The van der Waals surface area contributed by atoms with E-state index in [9.17, 15) is 19.4 Å². The number of carbonyl (C=O) groups excluding carboxylic acids is 1. The van der Waals surface area contributed by atoms with Crippen LogP contribution >= 0.6 is 7.82 Å². The highest BCUT2D eigenvalue weighted by atomic mass is 31.2. The highest BCUT2D eigenvalue weighted by Gasteiger charge is 2.28. The largest absolute Gasteiger partial charge is 0.472 e. The van der Waals surface area contributed by atoms with Gasteiger partial charge in [-0.2, -0.15) is 0 Å². The Labute approximate surface area is 342 Å². The molecule has 1 amide bonds. The van der Waals surface area contributed by atoms with E-state index in [-0.39, 0.29) is 19.1 Å². The van der Waals surface area contributed by atoms with Gasteiger partial charge in [0.25, 0.3) is 0 Å². The van der Waals surface area contributed by atoms with Crippen molar-refractivity contribution in [3.63, 3.8) is 0 Å². The number of aliphatic hydroxyl groups is 1. The quantitative estimate of drug-likeness (QED) is 0.0322. The summed E-state index contributed by atoms with van der Waals surface area (Å²) in [5.41, 5.74) is 0. The Hall–Kier alpha value is -0.500. The van der Waals surface area contributed by atoms with Gasteiger partial charge in [-0.25, -0.2) is 4.57 Å². The Morgan fingerprint density at radius 2 is 0.873 bits per heavy atom. The van der Waals surface area contributed by atoms with Crippen LogP contribution < -0.4 is 5.32 Å². The first kappa shape index (κ1) is 54.5. The number of hydrogen-bond donors (Lipinski definition) is 3. The summed E-state index contributed by atoms with van der Waals surface area (Å²) in [6.07, 6.45) is 43.0. The van der Waals surface area contributed by atoms with Crippen LogP contribution in [0.4, 0.5) is 0 Å². The number of phosphoric acid groups is 1. The van der Waals surface area contributed by atoms with Crippen LogP contribution in [0.25, 0.3) is 0 Å². The summed E-state index contributed by atoms with van der Waals surface area (Å²) in [4.78, 5) is 23.1. The number of nitrogens with zero attached hydrogens (tertiary/aromatic N) is 1. The van der Waals surface area contributed by atoms with Crippen molar-refractivity contribution in [2.75, 3.05) is 40.9 Å². The van der Waals surface area contributed by atoms with E-state index in [0.29, 0.717) is 23.9 Å². The van der Waals surface area contributed by atoms with Crippen molar-refractivity contribution in [1.29, 1.82) is 0 Å². The van der Waals surface area contributed by atoms with Gasteiger partial charge < -0.3 is 19.8 Å². The van der Waals surface area contributed by atoms with Crippen molar-refractivity contribution in [2.45, 2.75) is 251 Å². The molecule has 0 aromatic heterocycles. The van der Waals surface area contributed by atoms with Crippen LogP contribution in [0.2, 0.25) is 0 Å². The molecule has 0 saturated heterocycles. The molecular weight excluding hydrogens is 707 g/mol. The van der Waals surface area contributed by atoms with Crippen LogP contribution in [-0.2, 0) is 18.4 Å². The molecular formula is C46H96N2O6P+. The van der Waals surface area contributed by atoms with Gasteiger partial charge in [0, 0.05) is 6.42 Å². The molecule has 0 heterocycles. The van der Waals surface area contributed by atoms with Gasteiger partial charge in [-0.15, -0.1) is 0 Å². The third kappa shape index (κ3) is 41.5. The van der Waals surface area contributed by atoms with Crippen LogP contribution in [-0.4, -0.2) is 73.4 Å². The predicted molar refractivity (Wildman–Crippen MR) is 236 cm³/mol. The minimum Gasteiger partial charge on any atom is -0.391 e. The molecule has 0 bridgehead atoms. The first-order chi connectivity index (χ1) is 26.5. The zero-order valence-electron chi connectivity index (χ0n) is 37.4. The van der Waals surface area contributed by atoms with Gasteiger partial charge in [0.15, 0.2) is 0 Å². The lowest BCUT2D eigenvalue weighted by atomic mass is 10.0. The Morgan fingerprint density at radius 3 is 1.22 bits per heavy atom. The summed E-state index contributed by atoms with van der Waals surface area (Å²) < 4.78 is 23.6. The maximum Gasteiger partial charge on any atom is 0.472 e. The van der Waals surface area contributed by atoms with Gasteiger partial charge in [0.2, 0.25) is 5.91 Å². The summed E-state index contributed by atoms with van der Waals surface area (Å²) >= 11 is 0. The number of amides is 1.